The Balaban J connectivity index is 1.17. The number of rotatable bonds is 6. The smallest absolute Gasteiger partial charge is 0.152 e. The molecule has 0 bridgehead atoms. The van der Waals surface area contributed by atoms with Crippen molar-refractivity contribution >= 4 is 0 Å². The molecule has 2 N–H and O–H groups in total. The number of furan rings is 1. The molecule has 0 radical (unpaired) electrons. The predicted molar refractivity (Wildman–Crippen MR) is 111 cm³/mol. The number of aromatic amines is 1. The number of piperidine rings is 1. The van der Waals surface area contributed by atoms with E-state index >= 15 is 0 Å². The zero-order valence-electron chi connectivity index (χ0n) is 16.6. The van der Waals surface area contributed by atoms with Gasteiger partial charge in [0.1, 0.15) is 22.9 Å². The van der Waals surface area contributed by atoms with Gasteiger partial charge < -0.3 is 14.0 Å². The van der Waals surface area contributed by atoms with Gasteiger partial charge in [-0.2, -0.15) is 5.10 Å². The van der Waals surface area contributed by atoms with Gasteiger partial charge in [0.2, 0.25) is 0 Å². The summed E-state index contributed by atoms with van der Waals surface area (Å²) in [4.78, 5) is 2.31. The number of nitrogens with one attached hydrogen (secondary N) is 1. The summed E-state index contributed by atoms with van der Waals surface area (Å²) in [5.74, 6) is 2.42. The molecule has 1 fully saturated rings. The average molecular weight is 404 g/mol. The number of nitrogens with zero attached hydrogens (tertiary/aromatic N) is 3. The fourth-order valence-corrected chi connectivity index (χ4v) is 3.99. The first kappa shape index (κ1) is 18.8. The van der Waals surface area contributed by atoms with Crippen molar-refractivity contribution in [3.63, 3.8) is 0 Å². The first-order valence-corrected chi connectivity index (χ1v) is 10.2. The molecule has 0 aliphatic carbocycles. The van der Waals surface area contributed by atoms with E-state index in [1.807, 2.05) is 54.6 Å². The third-order valence-electron chi connectivity index (χ3n) is 5.73. The van der Waals surface area contributed by atoms with Gasteiger partial charge in [-0.15, -0.1) is 0 Å². The van der Waals surface area contributed by atoms with Gasteiger partial charge in [-0.1, -0.05) is 35.5 Å². The fourth-order valence-electron chi connectivity index (χ4n) is 3.99. The summed E-state index contributed by atoms with van der Waals surface area (Å²) >= 11 is 0. The molecule has 0 spiro atoms. The lowest BCUT2D eigenvalue weighted by molar-refractivity contribution is -0.0276. The molecule has 7 nitrogen and oxygen atoms in total. The fraction of sp³-hybridized carbons (Fsp3) is 0.304. The van der Waals surface area contributed by atoms with Crippen LogP contribution in [0.5, 0.6) is 0 Å². The maximum Gasteiger partial charge on any atom is 0.152 e. The monoisotopic (exact) mass is 404 g/mol. The second-order valence-corrected chi connectivity index (χ2v) is 7.96. The predicted octanol–water partition coefficient (Wildman–Crippen LogP) is 3.89. The molecule has 4 aromatic rings. The van der Waals surface area contributed by atoms with Gasteiger partial charge in [0.05, 0.1) is 12.1 Å². The van der Waals surface area contributed by atoms with E-state index in [0.29, 0.717) is 19.3 Å². The van der Waals surface area contributed by atoms with Gasteiger partial charge in [-0.05, 0) is 31.0 Å². The Bertz CT molecular complexity index is 1080. The highest BCUT2D eigenvalue weighted by Crippen LogP contribution is 2.29. The van der Waals surface area contributed by atoms with Crippen LogP contribution in [0.2, 0.25) is 0 Å². The largest absolute Gasteiger partial charge is 0.458 e. The minimum atomic E-state index is -0.770. The van der Waals surface area contributed by atoms with Gasteiger partial charge >= 0.3 is 0 Å². The van der Waals surface area contributed by atoms with Crippen molar-refractivity contribution in [1.82, 2.24) is 20.3 Å². The molecule has 0 saturated carbocycles. The molecule has 1 aliphatic rings. The van der Waals surface area contributed by atoms with E-state index in [2.05, 4.69) is 20.3 Å². The maximum atomic E-state index is 11.1. The standard InChI is InChI=1S/C23H24N4O3/c28-23(15-19-14-21(26-30-19)17-4-2-1-3-5-17)9-12-27(13-10-23)16-18-6-7-22(29-18)20-8-11-24-25-20/h1-8,11,14,28H,9-10,12-13,15-16H2,(H,24,25). The van der Waals surface area contributed by atoms with Gasteiger partial charge in [0, 0.05) is 37.3 Å². The molecule has 0 atom stereocenters. The van der Waals surface area contributed by atoms with Gasteiger partial charge in [-0.3, -0.25) is 10.00 Å². The average Bonchev–Trinajstić information content (AvgIpc) is 3.52. The van der Waals surface area contributed by atoms with Crippen LogP contribution < -0.4 is 0 Å². The Morgan fingerprint density at radius 2 is 1.87 bits per heavy atom. The van der Waals surface area contributed by atoms with Gasteiger partial charge in [-0.25, -0.2) is 0 Å². The van der Waals surface area contributed by atoms with Crippen LogP contribution >= 0.6 is 0 Å². The Morgan fingerprint density at radius 3 is 2.63 bits per heavy atom. The summed E-state index contributed by atoms with van der Waals surface area (Å²) in [6.45, 7) is 2.33. The number of hydrogen-bond donors (Lipinski definition) is 2. The number of benzene rings is 1. The van der Waals surface area contributed by atoms with Crippen molar-refractivity contribution in [3.05, 3.63) is 72.3 Å². The lowest BCUT2D eigenvalue weighted by Crippen LogP contribution is -2.45. The molecule has 7 heteroatoms. The summed E-state index contributed by atoms with van der Waals surface area (Å²) in [6, 6.07) is 17.7. The van der Waals surface area contributed by atoms with Crippen LogP contribution in [-0.4, -0.2) is 44.1 Å². The van der Waals surface area contributed by atoms with E-state index in [1.54, 1.807) is 6.20 Å². The topological polar surface area (TPSA) is 91.3 Å². The van der Waals surface area contributed by atoms with E-state index in [-0.39, 0.29) is 0 Å². The Kier molecular flexibility index (Phi) is 4.98. The van der Waals surface area contributed by atoms with Gasteiger partial charge in [0.25, 0.3) is 0 Å². The highest BCUT2D eigenvalue weighted by Gasteiger charge is 2.34. The second-order valence-electron chi connectivity index (χ2n) is 7.96. The molecule has 1 saturated heterocycles. The SMILES string of the molecule is OC1(Cc2cc(-c3ccccc3)no2)CCN(Cc2ccc(-c3ccn[nH]3)o2)CC1. The lowest BCUT2D eigenvalue weighted by atomic mass is 9.87. The quantitative estimate of drug-likeness (QED) is 0.507. The first-order chi connectivity index (χ1) is 14.7. The molecule has 0 unspecified atom stereocenters. The zero-order chi connectivity index (χ0) is 20.4. The van der Waals surface area contributed by atoms with Crippen molar-refractivity contribution in [2.45, 2.75) is 31.4 Å². The van der Waals surface area contributed by atoms with Crippen LogP contribution in [0.15, 0.2) is 69.7 Å². The summed E-state index contributed by atoms with van der Waals surface area (Å²) < 4.78 is 11.4. The summed E-state index contributed by atoms with van der Waals surface area (Å²) in [7, 11) is 0. The van der Waals surface area contributed by atoms with Crippen molar-refractivity contribution in [2.24, 2.45) is 0 Å². The molecule has 5 rings (SSSR count). The molecule has 3 aromatic heterocycles. The zero-order valence-corrected chi connectivity index (χ0v) is 16.6. The molecule has 154 valence electrons. The van der Waals surface area contributed by atoms with E-state index in [1.165, 1.54) is 0 Å². The van der Waals surface area contributed by atoms with E-state index in [4.69, 9.17) is 8.94 Å². The van der Waals surface area contributed by atoms with E-state index < -0.39 is 5.60 Å². The van der Waals surface area contributed by atoms with Crippen molar-refractivity contribution in [2.75, 3.05) is 13.1 Å². The van der Waals surface area contributed by atoms with Crippen LogP contribution in [0.4, 0.5) is 0 Å². The van der Waals surface area contributed by atoms with Crippen molar-refractivity contribution < 1.29 is 14.0 Å². The van der Waals surface area contributed by atoms with Crippen molar-refractivity contribution in [3.8, 4) is 22.7 Å². The highest BCUT2D eigenvalue weighted by atomic mass is 16.5. The molecular formula is C23H24N4O3. The third-order valence-corrected chi connectivity index (χ3v) is 5.73. The molecule has 30 heavy (non-hydrogen) atoms. The molecular weight excluding hydrogens is 380 g/mol. The Morgan fingerprint density at radius 1 is 1.03 bits per heavy atom. The van der Waals surface area contributed by atoms with Crippen molar-refractivity contribution in [1.29, 1.82) is 0 Å². The summed E-state index contributed by atoms with van der Waals surface area (Å²) in [6.07, 6.45) is 3.55. The van der Waals surface area contributed by atoms with Crippen LogP contribution in [0.25, 0.3) is 22.7 Å². The van der Waals surface area contributed by atoms with E-state index in [9.17, 15) is 5.11 Å². The lowest BCUT2D eigenvalue weighted by Gasteiger charge is -2.37. The minimum absolute atomic E-state index is 0.478. The minimum Gasteiger partial charge on any atom is -0.458 e. The first-order valence-electron chi connectivity index (χ1n) is 10.2. The number of aromatic nitrogens is 3. The van der Waals surface area contributed by atoms with E-state index in [0.717, 1.165) is 53.9 Å². The highest BCUT2D eigenvalue weighted by molar-refractivity contribution is 5.58. The summed E-state index contributed by atoms with van der Waals surface area (Å²) in [5, 5.41) is 22.1. The second kappa shape index (κ2) is 7.93. The normalized spacial score (nSPS) is 16.7. The Hall–Kier alpha value is -3.16. The number of hydrogen-bond acceptors (Lipinski definition) is 6. The molecule has 4 heterocycles. The maximum absolute atomic E-state index is 11.1. The number of H-pyrrole nitrogens is 1. The molecule has 0 amide bonds. The van der Waals surface area contributed by atoms with Crippen LogP contribution in [0.3, 0.4) is 0 Å². The summed E-state index contributed by atoms with van der Waals surface area (Å²) in [5.41, 5.74) is 1.92. The van der Waals surface area contributed by atoms with Gasteiger partial charge in [0.15, 0.2) is 5.76 Å². The number of aliphatic hydroxyl groups is 1. The van der Waals surface area contributed by atoms with Crippen LogP contribution in [-0.2, 0) is 13.0 Å². The third kappa shape index (κ3) is 4.08. The van der Waals surface area contributed by atoms with Crippen LogP contribution in [0, 0.1) is 0 Å². The number of likely N-dealkylation sites (tertiary alicyclic amines) is 1. The van der Waals surface area contributed by atoms with Crippen LogP contribution in [0.1, 0.15) is 24.4 Å². The Labute approximate surface area is 174 Å². The molecule has 1 aliphatic heterocycles. The molecule has 1 aromatic carbocycles.